The highest BCUT2D eigenvalue weighted by Gasteiger charge is 2.15. The summed E-state index contributed by atoms with van der Waals surface area (Å²) in [7, 11) is 0. The fourth-order valence-corrected chi connectivity index (χ4v) is 2.51. The molecular weight excluding hydrogens is 398 g/mol. The molecule has 1 aromatic heterocycles. The fourth-order valence-electron chi connectivity index (χ4n) is 2.51. The lowest BCUT2D eigenvalue weighted by molar-refractivity contribution is 0.0734. The highest BCUT2D eigenvalue weighted by Crippen LogP contribution is 2.23. The maximum atomic E-state index is 13.7. The summed E-state index contributed by atoms with van der Waals surface area (Å²) in [5.74, 6) is -3.26. The van der Waals surface area contributed by atoms with Crippen molar-refractivity contribution in [3.05, 3.63) is 101 Å². The van der Waals surface area contributed by atoms with Gasteiger partial charge >= 0.3 is 17.8 Å². The van der Waals surface area contributed by atoms with Crippen molar-refractivity contribution >= 4 is 5.97 Å². The number of hydrogen-bond acceptors (Lipinski definition) is 6. The second-order valence-electron chi connectivity index (χ2n) is 5.97. The number of halogens is 2. The van der Waals surface area contributed by atoms with E-state index in [0.717, 1.165) is 16.8 Å². The Balaban J connectivity index is 1.50. The van der Waals surface area contributed by atoms with E-state index in [1.165, 1.54) is 24.3 Å². The Kier molecular flexibility index (Phi) is 5.08. The summed E-state index contributed by atoms with van der Waals surface area (Å²) in [6.07, 6.45) is -0.523. The fraction of sp³-hybridized carbons (Fsp3) is 0. The maximum absolute atomic E-state index is 13.7. The van der Waals surface area contributed by atoms with E-state index < -0.39 is 29.4 Å². The van der Waals surface area contributed by atoms with E-state index in [-0.39, 0.29) is 17.2 Å². The minimum Gasteiger partial charge on any atom is -0.423 e. The van der Waals surface area contributed by atoms with Gasteiger partial charge in [-0.3, -0.25) is 0 Å². The molecule has 9 heteroatoms. The van der Waals surface area contributed by atoms with Gasteiger partial charge in [0, 0.05) is 6.07 Å². The maximum Gasteiger partial charge on any atom is 0.444 e. The van der Waals surface area contributed by atoms with Gasteiger partial charge in [0.1, 0.15) is 11.6 Å². The van der Waals surface area contributed by atoms with Crippen LogP contribution in [0.2, 0.25) is 0 Å². The summed E-state index contributed by atoms with van der Waals surface area (Å²) in [6, 6.07) is 17.0. The van der Waals surface area contributed by atoms with Crippen LogP contribution in [0.1, 0.15) is 10.4 Å². The molecule has 0 N–H and O–H groups in total. The number of esters is 1. The first-order valence-corrected chi connectivity index (χ1v) is 8.60. The zero-order valence-electron chi connectivity index (χ0n) is 15.1. The predicted octanol–water partition coefficient (Wildman–Crippen LogP) is 4.12. The van der Waals surface area contributed by atoms with Gasteiger partial charge in [0.2, 0.25) is 0 Å². The second kappa shape index (κ2) is 8.00. The molecule has 3 aromatic carbocycles. The van der Waals surface area contributed by atoms with Crippen LogP contribution in [0.4, 0.5) is 8.78 Å². The molecule has 0 amide bonds. The van der Waals surface area contributed by atoms with E-state index in [1.54, 1.807) is 30.3 Å². The Morgan fingerprint density at radius 1 is 0.967 bits per heavy atom. The smallest absolute Gasteiger partial charge is 0.423 e. The Labute approximate surface area is 167 Å². The van der Waals surface area contributed by atoms with Crippen molar-refractivity contribution in [2.45, 2.75) is 0 Å². The van der Waals surface area contributed by atoms with E-state index in [0.29, 0.717) is 11.6 Å². The minimum atomic E-state index is -0.975. The minimum absolute atomic E-state index is 0.258. The van der Waals surface area contributed by atoms with Gasteiger partial charge in [-0.1, -0.05) is 23.3 Å². The van der Waals surface area contributed by atoms with Gasteiger partial charge in [0.15, 0.2) is 11.6 Å². The van der Waals surface area contributed by atoms with Crippen LogP contribution in [-0.2, 0) is 0 Å². The number of nitrogens with zero attached hydrogens (tertiary/aromatic N) is 2. The lowest BCUT2D eigenvalue weighted by Crippen LogP contribution is -2.13. The Morgan fingerprint density at radius 2 is 1.70 bits per heavy atom. The molecule has 0 atom stereocenters. The molecule has 4 aromatic rings. The Morgan fingerprint density at radius 3 is 2.40 bits per heavy atom. The van der Waals surface area contributed by atoms with Crippen molar-refractivity contribution in [1.29, 1.82) is 0 Å². The summed E-state index contributed by atoms with van der Waals surface area (Å²) in [6.45, 7) is 0. The molecule has 0 radical (unpaired) electrons. The van der Waals surface area contributed by atoms with Gasteiger partial charge < -0.3 is 13.9 Å². The first kappa shape index (κ1) is 19.1. The Bertz CT molecular complexity index is 1250. The van der Waals surface area contributed by atoms with E-state index >= 15 is 0 Å². The summed E-state index contributed by atoms with van der Waals surface area (Å²) >= 11 is 0. The van der Waals surface area contributed by atoms with Crippen molar-refractivity contribution in [3.8, 4) is 23.3 Å². The second-order valence-corrected chi connectivity index (χ2v) is 5.97. The number of ether oxygens (including phenoxy) is 2. The molecule has 30 heavy (non-hydrogen) atoms. The monoisotopic (exact) mass is 410 g/mol. The molecule has 0 fully saturated rings. The van der Waals surface area contributed by atoms with Crippen molar-refractivity contribution in [3.63, 3.8) is 0 Å². The normalized spacial score (nSPS) is 10.6. The van der Waals surface area contributed by atoms with Crippen LogP contribution in [0.5, 0.6) is 17.6 Å². The van der Waals surface area contributed by atoms with Crippen molar-refractivity contribution in [2.24, 2.45) is 0 Å². The third-order valence-corrected chi connectivity index (χ3v) is 3.92. The summed E-state index contributed by atoms with van der Waals surface area (Å²) in [5.41, 5.74) is 0.682. The summed E-state index contributed by atoms with van der Waals surface area (Å²) < 4.78 is 42.7. The van der Waals surface area contributed by atoms with Crippen molar-refractivity contribution in [2.75, 3.05) is 0 Å². The van der Waals surface area contributed by atoms with Crippen LogP contribution < -0.4 is 15.2 Å². The lowest BCUT2D eigenvalue weighted by Gasteiger charge is -2.05. The molecule has 0 spiro atoms. The van der Waals surface area contributed by atoms with Crippen molar-refractivity contribution in [1.82, 2.24) is 9.78 Å². The largest absolute Gasteiger partial charge is 0.444 e. The number of hydrogen-bond donors (Lipinski definition) is 0. The standard InChI is InChI=1S/C21H12F2N2O5/c22-14-6-11-18(17(23)12-14)29-20-24-25(21(27)30-20)15-7-9-16(10-8-15)28-19(26)13-4-2-1-3-5-13/h1-12H. The molecule has 0 saturated heterocycles. The molecular formula is C21H12F2N2O5. The highest BCUT2D eigenvalue weighted by atomic mass is 19.1. The molecule has 150 valence electrons. The molecule has 0 aliphatic rings. The molecule has 0 saturated carbocycles. The zero-order chi connectivity index (χ0) is 21.1. The number of carbonyl (C=O) groups excluding carboxylic acids is 1. The molecule has 0 unspecified atom stereocenters. The molecule has 7 nitrogen and oxygen atoms in total. The predicted molar refractivity (Wildman–Crippen MR) is 99.9 cm³/mol. The SMILES string of the molecule is O=C(Oc1ccc(-n2nc(Oc3ccc(F)cc3F)oc2=O)cc1)c1ccccc1. The molecule has 0 aliphatic carbocycles. The number of benzene rings is 3. The van der Waals surface area contributed by atoms with Gasteiger partial charge in [0.25, 0.3) is 0 Å². The summed E-state index contributed by atoms with van der Waals surface area (Å²) in [4.78, 5) is 24.1. The van der Waals surface area contributed by atoms with Crippen LogP contribution in [0.25, 0.3) is 5.69 Å². The molecule has 1 heterocycles. The quantitative estimate of drug-likeness (QED) is 0.364. The van der Waals surface area contributed by atoms with Gasteiger partial charge in [-0.15, -0.1) is 0 Å². The molecule has 0 aliphatic heterocycles. The molecule has 0 bridgehead atoms. The first-order valence-electron chi connectivity index (χ1n) is 8.60. The van der Waals surface area contributed by atoms with Gasteiger partial charge in [-0.2, -0.15) is 4.68 Å². The first-order chi connectivity index (χ1) is 14.5. The van der Waals surface area contributed by atoms with E-state index in [2.05, 4.69) is 5.10 Å². The average Bonchev–Trinajstić information content (AvgIpc) is 3.11. The van der Waals surface area contributed by atoms with Gasteiger partial charge in [-0.25, -0.2) is 18.4 Å². The third kappa shape index (κ3) is 4.09. The van der Waals surface area contributed by atoms with Crippen LogP contribution in [0.15, 0.2) is 82.0 Å². The Hall–Kier alpha value is -4.27. The zero-order valence-corrected chi connectivity index (χ0v) is 15.1. The van der Waals surface area contributed by atoms with Crippen LogP contribution in [-0.4, -0.2) is 15.7 Å². The average molecular weight is 410 g/mol. The summed E-state index contributed by atoms with van der Waals surface area (Å²) in [5, 5.41) is 3.82. The van der Waals surface area contributed by atoms with E-state index in [9.17, 15) is 18.4 Å². The van der Waals surface area contributed by atoms with E-state index in [1.807, 2.05) is 0 Å². The van der Waals surface area contributed by atoms with E-state index in [4.69, 9.17) is 13.9 Å². The lowest BCUT2D eigenvalue weighted by atomic mass is 10.2. The number of aromatic nitrogens is 2. The van der Waals surface area contributed by atoms with Crippen LogP contribution >= 0.6 is 0 Å². The van der Waals surface area contributed by atoms with Gasteiger partial charge in [0.05, 0.1) is 11.3 Å². The molecule has 4 rings (SSSR count). The number of rotatable bonds is 5. The number of carbonyl (C=O) groups is 1. The topological polar surface area (TPSA) is 83.6 Å². The van der Waals surface area contributed by atoms with Gasteiger partial charge in [-0.05, 0) is 48.5 Å². The van der Waals surface area contributed by atoms with Crippen LogP contribution in [0.3, 0.4) is 0 Å². The third-order valence-electron chi connectivity index (χ3n) is 3.92. The highest BCUT2D eigenvalue weighted by molar-refractivity contribution is 5.90. The van der Waals surface area contributed by atoms with Crippen molar-refractivity contribution < 1.29 is 27.5 Å². The van der Waals surface area contributed by atoms with Crippen LogP contribution in [0, 0.1) is 11.6 Å².